The van der Waals surface area contributed by atoms with E-state index in [2.05, 4.69) is 10.2 Å². The number of nitrogens with one attached hydrogen (secondary N) is 1. The van der Waals surface area contributed by atoms with Crippen LogP contribution in [0.1, 0.15) is 17.7 Å². The predicted molar refractivity (Wildman–Crippen MR) is 89.0 cm³/mol. The van der Waals surface area contributed by atoms with Gasteiger partial charge in [0.1, 0.15) is 11.6 Å². The SMILES string of the molecule is O=C(NCc1ccco1)[C@@H]1CN(Cc2ccccc2F)[C@H]2CCO[C@@H]12. The second-order valence-electron chi connectivity index (χ2n) is 6.62. The molecule has 2 aliphatic heterocycles. The lowest BCUT2D eigenvalue weighted by atomic mass is 10.0. The first-order valence-electron chi connectivity index (χ1n) is 8.61. The molecule has 3 atom stereocenters. The van der Waals surface area contributed by atoms with E-state index in [1.165, 1.54) is 6.07 Å². The third kappa shape index (κ3) is 3.32. The minimum Gasteiger partial charge on any atom is -0.467 e. The van der Waals surface area contributed by atoms with Gasteiger partial charge in [-0.3, -0.25) is 9.69 Å². The average molecular weight is 344 g/mol. The van der Waals surface area contributed by atoms with E-state index >= 15 is 0 Å². The summed E-state index contributed by atoms with van der Waals surface area (Å²) in [5.41, 5.74) is 0.657. The van der Waals surface area contributed by atoms with Crippen molar-refractivity contribution in [3.8, 4) is 0 Å². The van der Waals surface area contributed by atoms with Gasteiger partial charge in [-0.2, -0.15) is 0 Å². The van der Waals surface area contributed by atoms with Crippen LogP contribution in [0.4, 0.5) is 4.39 Å². The molecule has 0 spiro atoms. The van der Waals surface area contributed by atoms with Crippen molar-refractivity contribution < 1.29 is 18.3 Å². The van der Waals surface area contributed by atoms with Crippen molar-refractivity contribution in [1.29, 1.82) is 0 Å². The summed E-state index contributed by atoms with van der Waals surface area (Å²) in [6.45, 7) is 2.09. The van der Waals surface area contributed by atoms with Gasteiger partial charge in [0.25, 0.3) is 0 Å². The largest absolute Gasteiger partial charge is 0.467 e. The molecule has 1 aromatic carbocycles. The zero-order valence-electron chi connectivity index (χ0n) is 13.9. The highest BCUT2D eigenvalue weighted by atomic mass is 19.1. The molecule has 0 unspecified atom stereocenters. The molecule has 5 nitrogen and oxygen atoms in total. The van der Waals surface area contributed by atoms with E-state index < -0.39 is 0 Å². The van der Waals surface area contributed by atoms with Gasteiger partial charge in [0.15, 0.2) is 0 Å². The number of halogens is 1. The van der Waals surface area contributed by atoms with Gasteiger partial charge >= 0.3 is 0 Å². The number of carbonyl (C=O) groups is 1. The molecule has 2 aromatic rings. The molecule has 1 aromatic heterocycles. The van der Waals surface area contributed by atoms with Crippen molar-refractivity contribution in [2.75, 3.05) is 13.2 Å². The molecule has 0 bridgehead atoms. The Balaban J connectivity index is 1.43. The van der Waals surface area contributed by atoms with Gasteiger partial charge in [0, 0.05) is 31.3 Å². The summed E-state index contributed by atoms with van der Waals surface area (Å²) in [6.07, 6.45) is 2.34. The monoisotopic (exact) mass is 344 g/mol. The molecule has 2 fully saturated rings. The van der Waals surface area contributed by atoms with Crippen LogP contribution in [0.25, 0.3) is 0 Å². The molecule has 0 saturated carbocycles. The number of likely N-dealkylation sites (tertiary alicyclic amines) is 1. The highest BCUT2D eigenvalue weighted by Gasteiger charge is 2.48. The Morgan fingerprint density at radius 3 is 2.96 bits per heavy atom. The van der Waals surface area contributed by atoms with E-state index in [0.717, 1.165) is 12.2 Å². The molecule has 3 heterocycles. The number of furan rings is 1. The van der Waals surface area contributed by atoms with Crippen molar-refractivity contribution in [1.82, 2.24) is 10.2 Å². The zero-order valence-corrected chi connectivity index (χ0v) is 13.9. The minimum absolute atomic E-state index is 0.0377. The van der Waals surface area contributed by atoms with E-state index in [9.17, 15) is 9.18 Å². The number of hydrogen-bond acceptors (Lipinski definition) is 4. The molecule has 2 aliphatic rings. The summed E-state index contributed by atoms with van der Waals surface area (Å²) < 4.78 is 25.0. The number of amides is 1. The van der Waals surface area contributed by atoms with Crippen molar-refractivity contribution >= 4 is 5.91 Å². The van der Waals surface area contributed by atoms with Crippen LogP contribution >= 0.6 is 0 Å². The van der Waals surface area contributed by atoms with Crippen LogP contribution in [-0.2, 0) is 22.6 Å². The molecule has 2 saturated heterocycles. The molecular formula is C19H21FN2O3. The van der Waals surface area contributed by atoms with Crippen molar-refractivity contribution in [2.45, 2.75) is 31.7 Å². The molecule has 25 heavy (non-hydrogen) atoms. The van der Waals surface area contributed by atoms with Gasteiger partial charge in [0.2, 0.25) is 5.91 Å². The van der Waals surface area contributed by atoms with E-state index in [4.69, 9.17) is 9.15 Å². The third-order valence-electron chi connectivity index (χ3n) is 5.08. The second kappa shape index (κ2) is 6.98. The number of fused-ring (bicyclic) bond motifs is 1. The second-order valence-corrected chi connectivity index (χ2v) is 6.62. The number of rotatable bonds is 5. The molecule has 0 radical (unpaired) electrons. The van der Waals surface area contributed by atoms with Crippen LogP contribution in [-0.4, -0.2) is 36.1 Å². The standard InChI is InChI=1S/C19H21FN2O3/c20-16-6-2-1-4-13(16)11-22-12-15(18-17(22)7-9-25-18)19(23)21-10-14-5-3-8-24-14/h1-6,8,15,17-18H,7,9-12H2,(H,21,23)/t15-,17+,18+/m1/s1. The van der Waals surface area contributed by atoms with Crippen LogP contribution in [0, 0.1) is 11.7 Å². The maximum Gasteiger partial charge on any atom is 0.227 e. The van der Waals surface area contributed by atoms with Crippen LogP contribution in [0.2, 0.25) is 0 Å². The zero-order chi connectivity index (χ0) is 17.2. The van der Waals surface area contributed by atoms with Gasteiger partial charge in [0.05, 0.1) is 24.8 Å². The van der Waals surface area contributed by atoms with Crippen molar-refractivity contribution in [2.24, 2.45) is 5.92 Å². The highest BCUT2D eigenvalue weighted by Crippen LogP contribution is 2.34. The number of benzene rings is 1. The van der Waals surface area contributed by atoms with Gasteiger partial charge in [-0.25, -0.2) is 4.39 Å². The molecule has 1 amide bonds. The lowest BCUT2D eigenvalue weighted by Crippen LogP contribution is -2.37. The molecule has 1 N–H and O–H groups in total. The first-order chi connectivity index (χ1) is 12.2. The highest BCUT2D eigenvalue weighted by molar-refractivity contribution is 5.80. The Morgan fingerprint density at radius 2 is 2.16 bits per heavy atom. The summed E-state index contributed by atoms with van der Waals surface area (Å²) >= 11 is 0. The van der Waals surface area contributed by atoms with Crippen LogP contribution < -0.4 is 5.32 Å². The van der Waals surface area contributed by atoms with Crippen LogP contribution in [0.15, 0.2) is 47.1 Å². The summed E-state index contributed by atoms with van der Waals surface area (Å²) in [7, 11) is 0. The molecule has 0 aliphatic carbocycles. The van der Waals surface area contributed by atoms with E-state index in [1.54, 1.807) is 24.5 Å². The van der Waals surface area contributed by atoms with Crippen molar-refractivity contribution in [3.05, 3.63) is 59.8 Å². The Kier molecular flexibility index (Phi) is 4.55. The van der Waals surface area contributed by atoms with Crippen LogP contribution in [0.3, 0.4) is 0 Å². The number of hydrogen-bond donors (Lipinski definition) is 1. The van der Waals surface area contributed by atoms with Gasteiger partial charge in [-0.15, -0.1) is 0 Å². The van der Waals surface area contributed by atoms with E-state index in [-0.39, 0.29) is 29.8 Å². The third-order valence-corrected chi connectivity index (χ3v) is 5.08. The molecule has 132 valence electrons. The lowest BCUT2D eigenvalue weighted by Gasteiger charge is -2.22. The fraction of sp³-hybridized carbons (Fsp3) is 0.421. The maximum absolute atomic E-state index is 14.0. The summed E-state index contributed by atoms with van der Waals surface area (Å²) in [6, 6.07) is 10.6. The van der Waals surface area contributed by atoms with Crippen molar-refractivity contribution in [3.63, 3.8) is 0 Å². The fourth-order valence-corrected chi connectivity index (χ4v) is 3.84. The Bertz CT molecular complexity index is 734. The first-order valence-corrected chi connectivity index (χ1v) is 8.61. The van der Waals surface area contributed by atoms with Gasteiger partial charge in [-0.1, -0.05) is 18.2 Å². The van der Waals surface area contributed by atoms with Crippen LogP contribution in [0.5, 0.6) is 0 Å². The van der Waals surface area contributed by atoms with E-state index in [0.29, 0.717) is 31.8 Å². The van der Waals surface area contributed by atoms with Gasteiger partial charge < -0.3 is 14.5 Å². The molecule has 6 heteroatoms. The van der Waals surface area contributed by atoms with Gasteiger partial charge in [-0.05, 0) is 24.6 Å². The van der Waals surface area contributed by atoms with E-state index in [1.807, 2.05) is 12.1 Å². The fourth-order valence-electron chi connectivity index (χ4n) is 3.84. The number of ether oxygens (including phenoxy) is 1. The molecular weight excluding hydrogens is 323 g/mol. The smallest absolute Gasteiger partial charge is 0.227 e. The number of nitrogens with zero attached hydrogens (tertiary/aromatic N) is 1. The minimum atomic E-state index is -0.241. The normalized spacial score (nSPS) is 25.9. The molecule has 4 rings (SSSR count). The summed E-state index contributed by atoms with van der Waals surface area (Å²) in [5.74, 6) is 0.237. The Labute approximate surface area is 145 Å². The maximum atomic E-state index is 14.0. The lowest BCUT2D eigenvalue weighted by molar-refractivity contribution is -0.127. The number of carbonyl (C=O) groups excluding carboxylic acids is 1. The summed E-state index contributed by atoms with van der Waals surface area (Å²) in [5, 5.41) is 2.92. The predicted octanol–water partition coefficient (Wildman–Crippen LogP) is 2.32. The quantitative estimate of drug-likeness (QED) is 0.904. The first kappa shape index (κ1) is 16.3. The Morgan fingerprint density at radius 1 is 1.28 bits per heavy atom. The summed E-state index contributed by atoms with van der Waals surface area (Å²) in [4.78, 5) is 14.8. The Hall–Kier alpha value is -2.18. The average Bonchev–Trinajstić information content (AvgIpc) is 3.33. The topological polar surface area (TPSA) is 54.7 Å².